The van der Waals surface area contributed by atoms with Gasteiger partial charge in [0.1, 0.15) is 16.7 Å². The first-order chi connectivity index (χ1) is 10.1. The van der Waals surface area contributed by atoms with Crippen molar-refractivity contribution in [2.75, 3.05) is 11.6 Å². The van der Waals surface area contributed by atoms with Gasteiger partial charge in [0, 0.05) is 12.5 Å². The van der Waals surface area contributed by atoms with Gasteiger partial charge in [-0.2, -0.15) is 15.0 Å². The van der Waals surface area contributed by atoms with E-state index in [1.54, 1.807) is 36.6 Å². The molecule has 0 aliphatic rings. The number of hydrogen-bond donors (Lipinski definition) is 1. The minimum absolute atomic E-state index is 0.100. The average molecular weight is 300 g/mol. The molecule has 1 aromatic heterocycles. The molecule has 6 nitrogen and oxygen atoms in total. The van der Waals surface area contributed by atoms with Crippen molar-refractivity contribution in [2.45, 2.75) is 11.9 Å². The number of hydrogen-bond acceptors (Lipinski definition) is 5. The molecule has 0 bridgehead atoms. The summed E-state index contributed by atoms with van der Waals surface area (Å²) < 4.78 is 1.06. The van der Waals surface area contributed by atoms with Crippen molar-refractivity contribution in [1.29, 1.82) is 5.26 Å². The van der Waals surface area contributed by atoms with Gasteiger partial charge in [-0.05, 0) is 18.4 Å². The molecule has 0 spiro atoms. The van der Waals surface area contributed by atoms with Crippen LogP contribution in [0.1, 0.15) is 22.8 Å². The van der Waals surface area contributed by atoms with Crippen LogP contribution in [0.15, 0.2) is 35.4 Å². The number of thioether (sulfide) groups is 1. The predicted octanol–water partition coefficient (Wildman–Crippen LogP) is 2.12. The van der Waals surface area contributed by atoms with Crippen molar-refractivity contribution in [3.63, 3.8) is 0 Å². The van der Waals surface area contributed by atoms with Crippen LogP contribution in [0.4, 0.5) is 5.82 Å². The van der Waals surface area contributed by atoms with Crippen LogP contribution in [0.2, 0.25) is 0 Å². The van der Waals surface area contributed by atoms with E-state index in [1.165, 1.54) is 18.7 Å². The van der Waals surface area contributed by atoms with Gasteiger partial charge in [0.2, 0.25) is 5.91 Å². The van der Waals surface area contributed by atoms with Gasteiger partial charge in [0.15, 0.2) is 5.82 Å². The number of nitriles is 1. The summed E-state index contributed by atoms with van der Waals surface area (Å²) in [6, 6.07) is 10.5. The Morgan fingerprint density at radius 3 is 2.52 bits per heavy atom. The Hall–Kier alpha value is -2.59. The van der Waals surface area contributed by atoms with Gasteiger partial charge in [-0.1, -0.05) is 18.2 Å². The van der Waals surface area contributed by atoms with Crippen molar-refractivity contribution in [2.24, 2.45) is 0 Å². The second kappa shape index (κ2) is 6.24. The van der Waals surface area contributed by atoms with E-state index in [9.17, 15) is 14.9 Å². The molecule has 0 saturated heterocycles. The number of rotatable bonds is 3. The van der Waals surface area contributed by atoms with Gasteiger partial charge >= 0.3 is 0 Å². The van der Waals surface area contributed by atoms with E-state index >= 15 is 0 Å². The summed E-state index contributed by atoms with van der Waals surface area (Å²) in [5.41, 5.74) is 0.603. The average Bonchev–Trinajstić information content (AvgIpc) is 2.84. The van der Waals surface area contributed by atoms with E-state index in [4.69, 9.17) is 0 Å². The Balaban J connectivity index is 2.57. The van der Waals surface area contributed by atoms with E-state index in [-0.39, 0.29) is 17.3 Å². The van der Waals surface area contributed by atoms with Gasteiger partial charge in [-0.15, -0.1) is 11.8 Å². The minimum atomic E-state index is -0.406. The van der Waals surface area contributed by atoms with Gasteiger partial charge in [-0.25, -0.2) is 0 Å². The van der Waals surface area contributed by atoms with Crippen LogP contribution in [-0.4, -0.2) is 27.9 Å². The highest BCUT2D eigenvalue weighted by molar-refractivity contribution is 7.98. The lowest BCUT2D eigenvalue weighted by Crippen LogP contribution is -2.19. The Bertz CT molecular complexity index is 731. The maximum absolute atomic E-state index is 12.5. The molecule has 0 unspecified atom stereocenters. The van der Waals surface area contributed by atoms with E-state index in [0.29, 0.717) is 10.6 Å². The fourth-order valence-corrected chi connectivity index (χ4v) is 2.28. The van der Waals surface area contributed by atoms with E-state index in [2.05, 4.69) is 10.4 Å². The fraction of sp³-hybridized carbons (Fsp3) is 0.143. The first kappa shape index (κ1) is 14.8. The maximum atomic E-state index is 12.5. The molecular formula is C14H12N4O2S. The molecule has 2 rings (SSSR count). The summed E-state index contributed by atoms with van der Waals surface area (Å²) >= 11 is 1.24. The van der Waals surface area contributed by atoms with Crippen molar-refractivity contribution >= 4 is 29.4 Å². The lowest BCUT2D eigenvalue weighted by Gasteiger charge is -2.06. The third-order valence-corrected chi connectivity index (χ3v) is 3.34. The molecule has 106 valence electrons. The van der Waals surface area contributed by atoms with Gasteiger partial charge in [-0.3, -0.25) is 9.59 Å². The van der Waals surface area contributed by atoms with Crippen LogP contribution in [0, 0.1) is 11.3 Å². The largest absolute Gasteiger partial charge is 0.310 e. The topological polar surface area (TPSA) is 87.8 Å². The third-order valence-electron chi connectivity index (χ3n) is 2.67. The first-order valence-corrected chi connectivity index (χ1v) is 7.25. The molecule has 0 aliphatic carbocycles. The summed E-state index contributed by atoms with van der Waals surface area (Å²) in [5, 5.41) is 16.2. The lowest BCUT2D eigenvalue weighted by atomic mass is 10.2. The summed E-state index contributed by atoms with van der Waals surface area (Å²) in [6.45, 7) is 1.31. The van der Waals surface area contributed by atoms with Gasteiger partial charge in [0.25, 0.3) is 5.91 Å². The molecule has 0 aliphatic heterocycles. The minimum Gasteiger partial charge on any atom is -0.310 e. The molecule has 1 aromatic carbocycles. The number of nitrogens with zero attached hydrogens (tertiary/aromatic N) is 3. The highest BCUT2D eigenvalue weighted by atomic mass is 32.2. The Kier molecular flexibility index (Phi) is 4.40. The highest BCUT2D eigenvalue weighted by Crippen LogP contribution is 2.26. The van der Waals surface area contributed by atoms with Crippen molar-refractivity contribution in [3.05, 3.63) is 41.5 Å². The number of nitrogens with one attached hydrogen (secondary N) is 1. The monoisotopic (exact) mass is 300 g/mol. The zero-order valence-electron chi connectivity index (χ0n) is 11.5. The SMILES string of the molecule is CSc1nn(C(=O)c2ccccc2)c(NC(C)=O)c1C#N. The van der Waals surface area contributed by atoms with Gasteiger partial charge in [0.05, 0.1) is 0 Å². The van der Waals surface area contributed by atoms with Crippen LogP contribution >= 0.6 is 11.8 Å². The van der Waals surface area contributed by atoms with E-state index in [1.807, 2.05) is 6.07 Å². The summed E-state index contributed by atoms with van der Waals surface area (Å²) in [5.74, 6) is -0.680. The first-order valence-electron chi connectivity index (χ1n) is 6.03. The highest BCUT2D eigenvalue weighted by Gasteiger charge is 2.23. The lowest BCUT2D eigenvalue weighted by molar-refractivity contribution is -0.114. The Labute approximate surface area is 125 Å². The quantitative estimate of drug-likeness (QED) is 0.877. The summed E-state index contributed by atoms with van der Waals surface area (Å²) in [4.78, 5) is 23.8. The third kappa shape index (κ3) is 2.95. The smallest absolute Gasteiger partial charge is 0.280 e. The zero-order chi connectivity index (χ0) is 15.4. The number of carbonyl (C=O) groups excluding carboxylic acids is 2. The molecule has 0 radical (unpaired) electrons. The maximum Gasteiger partial charge on any atom is 0.280 e. The van der Waals surface area contributed by atoms with E-state index < -0.39 is 5.91 Å². The number of benzene rings is 1. The second-order valence-corrected chi connectivity index (χ2v) is 4.90. The number of carbonyl (C=O) groups is 2. The molecule has 2 aromatic rings. The van der Waals surface area contributed by atoms with Crippen molar-refractivity contribution in [3.8, 4) is 6.07 Å². The van der Waals surface area contributed by atoms with Crippen molar-refractivity contribution < 1.29 is 9.59 Å². The molecule has 0 saturated carbocycles. The molecule has 21 heavy (non-hydrogen) atoms. The van der Waals surface area contributed by atoms with Crippen LogP contribution in [-0.2, 0) is 4.79 Å². The van der Waals surface area contributed by atoms with Crippen LogP contribution in [0.25, 0.3) is 0 Å². The van der Waals surface area contributed by atoms with Gasteiger partial charge < -0.3 is 5.32 Å². The predicted molar refractivity (Wildman–Crippen MR) is 79.2 cm³/mol. The van der Waals surface area contributed by atoms with E-state index in [0.717, 1.165) is 4.68 Å². The molecule has 7 heteroatoms. The Morgan fingerprint density at radius 1 is 1.33 bits per heavy atom. The second-order valence-electron chi connectivity index (χ2n) is 4.11. The Morgan fingerprint density at radius 2 is 2.00 bits per heavy atom. The number of aromatic nitrogens is 2. The molecule has 1 N–H and O–H groups in total. The molecule has 1 heterocycles. The van der Waals surface area contributed by atoms with Crippen LogP contribution in [0.3, 0.4) is 0 Å². The number of anilines is 1. The van der Waals surface area contributed by atoms with Crippen LogP contribution < -0.4 is 5.32 Å². The number of amides is 1. The molecule has 0 fully saturated rings. The fourth-order valence-electron chi connectivity index (χ4n) is 1.77. The zero-order valence-corrected chi connectivity index (χ0v) is 12.3. The molecule has 1 amide bonds. The summed E-state index contributed by atoms with van der Waals surface area (Å²) in [6.07, 6.45) is 1.75. The molecule has 0 atom stereocenters. The molecular weight excluding hydrogens is 288 g/mol. The van der Waals surface area contributed by atoms with Crippen LogP contribution in [0.5, 0.6) is 0 Å². The standard InChI is InChI=1S/C14H12N4O2S/c1-9(19)16-12-11(8-15)13(21-2)17-18(12)14(20)10-6-4-3-5-7-10/h3-7H,1-2H3,(H,16,19). The summed E-state index contributed by atoms with van der Waals surface area (Å²) in [7, 11) is 0. The normalized spacial score (nSPS) is 9.95. The van der Waals surface area contributed by atoms with Crippen molar-refractivity contribution in [1.82, 2.24) is 9.78 Å².